The highest BCUT2D eigenvalue weighted by atomic mass is 16.5. The van der Waals surface area contributed by atoms with Gasteiger partial charge in [-0.05, 0) is 84.6 Å². The molecule has 0 radical (unpaired) electrons. The summed E-state index contributed by atoms with van der Waals surface area (Å²) < 4.78 is 5.61. The number of carbonyl (C=O) groups excluding carboxylic acids is 2. The molecule has 1 aliphatic rings. The van der Waals surface area contributed by atoms with Gasteiger partial charge < -0.3 is 15.4 Å². The zero-order valence-electron chi connectivity index (χ0n) is 16.6. The Morgan fingerprint density at radius 2 is 1.46 bits per heavy atom. The third-order valence-corrected chi connectivity index (χ3v) is 4.46. The minimum atomic E-state index is -0.212. The standard InChI is InChI=1S/C21H32N2O3/c1-14(2)26-18-12-10-17(11-13-18)22-19(24)15-6-8-16(9-7-15)20(25)23-21(3,4)5/h10-16H,6-9H2,1-5H3,(H,22,24)(H,23,25). The molecule has 1 aromatic rings. The van der Waals surface area contributed by atoms with Gasteiger partial charge in [0, 0.05) is 23.1 Å². The van der Waals surface area contributed by atoms with E-state index in [-0.39, 0.29) is 35.3 Å². The summed E-state index contributed by atoms with van der Waals surface area (Å²) in [7, 11) is 0. The second kappa shape index (κ2) is 8.56. The van der Waals surface area contributed by atoms with Crippen LogP contribution in [0.2, 0.25) is 0 Å². The van der Waals surface area contributed by atoms with Crippen molar-refractivity contribution < 1.29 is 14.3 Å². The van der Waals surface area contributed by atoms with Gasteiger partial charge in [0.1, 0.15) is 5.75 Å². The summed E-state index contributed by atoms with van der Waals surface area (Å²) in [6.07, 6.45) is 3.16. The monoisotopic (exact) mass is 360 g/mol. The molecule has 0 atom stereocenters. The Morgan fingerprint density at radius 1 is 0.962 bits per heavy atom. The maximum atomic E-state index is 12.5. The van der Waals surface area contributed by atoms with E-state index in [2.05, 4.69) is 10.6 Å². The first-order valence-electron chi connectivity index (χ1n) is 9.53. The fourth-order valence-corrected chi connectivity index (χ4v) is 3.22. The molecule has 0 heterocycles. The Balaban J connectivity index is 1.82. The van der Waals surface area contributed by atoms with Gasteiger partial charge in [0.05, 0.1) is 6.10 Å². The van der Waals surface area contributed by atoms with Crippen molar-refractivity contribution in [3.05, 3.63) is 24.3 Å². The Hall–Kier alpha value is -2.04. The molecule has 144 valence electrons. The van der Waals surface area contributed by atoms with Crippen molar-refractivity contribution in [3.8, 4) is 5.75 Å². The molecule has 2 N–H and O–H groups in total. The fraction of sp³-hybridized carbons (Fsp3) is 0.619. The minimum Gasteiger partial charge on any atom is -0.491 e. The van der Waals surface area contributed by atoms with Crippen LogP contribution >= 0.6 is 0 Å². The predicted octanol–water partition coefficient (Wildman–Crippen LogP) is 4.13. The highest BCUT2D eigenvalue weighted by molar-refractivity contribution is 5.92. The van der Waals surface area contributed by atoms with Gasteiger partial charge in [-0.3, -0.25) is 9.59 Å². The average Bonchev–Trinajstić information content (AvgIpc) is 2.55. The lowest BCUT2D eigenvalue weighted by molar-refractivity contribution is -0.129. The summed E-state index contributed by atoms with van der Waals surface area (Å²) in [4.78, 5) is 24.8. The van der Waals surface area contributed by atoms with Crippen LogP contribution in [0.25, 0.3) is 0 Å². The first kappa shape index (κ1) is 20.3. The molecule has 0 bridgehead atoms. The Kier molecular flexibility index (Phi) is 6.68. The third-order valence-electron chi connectivity index (χ3n) is 4.46. The van der Waals surface area contributed by atoms with Crippen LogP contribution in [0, 0.1) is 11.8 Å². The van der Waals surface area contributed by atoms with Gasteiger partial charge in [0.15, 0.2) is 0 Å². The molecule has 26 heavy (non-hydrogen) atoms. The van der Waals surface area contributed by atoms with Gasteiger partial charge in [-0.25, -0.2) is 0 Å². The van der Waals surface area contributed by atoms with E-state index < -0.39 is 0 Å². The first-order valence-corrected chi connectivity index (χ1v) is 9.53. The normalized spacial score (nSPS) is 20.5. The second-order valence-electron chi connectivity index (χ2n) is 8.47. The number of hydrogen-bond acceptors (Lipinski definition) is 3. The quantitative estimate of drug-likeness (QED) is 0.829. The van der Waals surface area contributed by atoms with Crippen LogP contribution in [0.15, 0.2) is 24.3 Å². The molecular formula is C21H32N2O3. The van der Waals surface area contributed by atoms with Crippen molar-refractivity contribution in [3.63, 3.8) is 0 Å². The molecule has 1 aromatic carbocycles. The van der Waals surface area contributed by atoms with E-state index in [0.29, 0.717) is 0 Å². The average molecular weight is 360 g/mol. The van der Waals surface area contributed by atoms with Crippen LogP contribution in [-0.2, 0) is 9.59 Å². The molecule has 1 fully saturated rings. The third kappa shape index (κ3) is 6.36. The molecule has 1 saturated carbocycles. The summed E-state index contributed by atoms with van der Waals surface area (Å²) in [6.45, 7) is 9.92. The van der Waals surface area contributed by atoms with Crippen molar-refractivity contribution in [2.45, 2.75) is 71.9 Å². The van der Waals surface area contributed by atoms with Crippen molar-refractivity contribution in [1.29, 1.82) is 0 Å². The van der Waals surface area contributed by atoms with Crippen molar-refractivity contribution >= 4 is 17.5 Å². The number of hydrogen-bond donors (Lipinski definition) is 2. The molecule has 0 saturated heterocycles. The largest absolute Gasteiger partial charge is 0.491 e. The summed E-state index contributed by atoms with van der Waals surface area (Å²) >= 11 is 0. The molecule has 0 aliphatic heterocycles. The van der Waals surface area contributed by atoms with Crippen LogP contribution in [0.3, 0.4) is 0 Å². The van der Waals surface area contributed by atoms with Crippen LogP contribution < -0.4 is 15.4 Å². The Morgan fingerprint density at radius 3 is 1.92 bits per heavy atom. The molecule has 2 rings (SSSR count). The molecule has 0 unspecified atom stereocenters. The van der Waals surface area contributed by atoms with Crippen LogP contribution in [0.4, 0.5) is 5.69 Å². The highest BCUT2D eigenvalue weighted by Crippen LogP contribution is 2.30. The van der Waals surface area contributed by atoms with Gasteiger partial charge in [0.25, 0.3) is 0 Å². The van der Waals surface area contributed by atoms with E-state index in [1.54, 1.807) is 0 Å². The SMILES string of the molecule is CC(C)Oc1ccc(NC(=O)C2CCC(C(=O)NC(C)(C)C)CC2)cc1. The number of ether oxygens (including phenoxy) is 1. The maximum Gasteiger partial charge on any atom is 0.227 e. The predicted molar refractivity (Wildman–Crippen MR) is 104 cm³/mol. The van der Waals surface area contributed by atoms with E-state index in [1.165, 1.54) is 0 Å². The minimum absolute atomic E-state index is 0.0192. The summed E-state index contributed by atoms with van der Waals surface area (Å²) in [5.41, 5.74) is 0.565. The van der Waals surface area contributed by atoms with Crippen molar-refractivity contribution in [1.82, 2.24) is 5.32 Å². The zero-order valence-corrected chi connectivity index (χ0v) is 16.6. The van der Waals surface area contributed by atoms with Gasteiger partial charge in [-0.2, -0.15) is 0 Å². The topological polar surface area (TPSA) is 67.4 Å². The molecule has 2 amide bonds. The molecule has 0 aromatic heterocycles. The molecule has 0 spiro atoms. The van der Waals surface area contributed by atoms with Crippen LogP contribution in [0.5, 0.6) is 5.75 Å². The Bertz CT molecular complexity index is 609. The Labute approximate surface area is 156 Å². The molecule has 1 aliphatic carbocycles. The lowest BCUT2D eigenvalue weighted by atomic mass is 9.81. The van der Waals surface area contributed by atoms with Gasteiger partial charge in [0.2, 0.25) is 11.8 Å². The second-order valence-corrected chi connectivity index (χ2v) is 8.47. The highest BCUT2D eigenvalue weighted by Gasteiger charge is 2.31. The summed E-state index contributed by atoms with van der Waals surface area (Å²) in [5.74, 6) is 0.934. The van der Waals surface area contributed by atoms with Crippen molar-refractivity contribution in [2.24, 2.45) is 11.8 Å². The van der Waals surface area contributed by atoms with Gasteiger partial charge in [-0.15, -0.1) is 0 Å². The van der Waals surface area contributed by atoms with E-state index in [9.17, 15) is 9.59 Å². The zero-order chi connectivity index (χ0) is 19.3. The first-order chi connectivity index (χ1) is 12.1. The molecular weight excluding hydrogens is 328 g/mol. The lowest BCUT2D eigenvalue weighted by Gasteiger charge is -2.30. The fourth-order valence-electron chi connectivity index (χ4n) is 3.22. The number of rotatable bonds is 5. The number of nitrogens with one attached hydrogen (secondary N) is 2. The van der Waals surface area contributed by atoms with E-state index >= 15 is 0 Å². The van der Waals surface area contributed by atoms with E-state index in [1.807, 2.05) is 58.9 Å². The van der Waals surface area contributed by atoms with E-state index in [4.69, 9.17) is 4.74 Å². The summed E-state index contributed by atoms with van der Waals surface area (Å²) in [5, 5.41) is 6.02. The lowest BCUT2D eigenvalue weighted by Crippen LogP contribution is -2.45. The summed E-state index contributed by atoms with van der Waals surface area (Å²) in [6, 6.07) is 7.45. The maximum absolute atomic E-state index is 12.5. The van der Waals surface area contributed by atoms with Crippen LogP contribution in [0.1, 0.15) is 60.3 Å². The van der Waals surface area contributed by atoms with Gasteiger partial charge >= 0.3 is 0 Å². The van der Waals surface area contributed by atoms with Crippen molar-refractivity contribution in [2.75, 3.05) is 5.32 Å². The number of benzene rings is 1. The smallest absolute Gasteiger partial charge is 0.227 e. The van der Waals surface area contributed by atoms with E-state index in [0.717, 1.165) is 37.1 Å². The number of amides is 2. The number of anilines is 1. The van der Waals surface area contributed by atoms with Crippen LogP contribution in [-0.4, -0.2) is 23.5 Å². The molecule has 5 nitrogen and oxygen atoms in total. The molecule has 5 heteroatoms. The number of carbonyl (C=O) groups is 2. The van der Waals surface area contributed by atoms with Gasteiger partial charge in [-0.1, -0.05) is 0 Å².